The Labute approximate surface area is 956 Å². The summed E-state index contributed by atoms with van der Waals surface area (Å²) in [5, 5.41) is 7.98. The second-order valence-corrected chi connectivity index (χ2v) is 57.5. The quantitative estimate of drug-likeness (QED) is 0.0263. The summed E-state index contributed by atoms with van der Waals surface area (Å²) in [7, 11) is 0. The molecule has 0 spiro atoms. The molecule has 12 heteroatoms. The van der Waals surface area contributed by atoms with Crippen LogP contribution in [0.25, 0.3) is 153 Å². The van der Waals surface area contributed by atoms with Crippen LogP contribution in [-0.2, 0) is 38.5 Å². The first-order valence-corrected chi connectivity index (χ1v) is 70.7. The number of rotatable bonds is 78. The molecule has 0 saturated carbocycles. The number of aryl methyl sites for hydroxylation is 6. The molecule has 16 aromatic rings. The van der Waals surface area contributed by atoms with E-state index in [2.05, 4.69) is 224 Å². The van der Waals surface area contributed by atoms with Gasteiger partial charge in [-0.1, -0.05) is 388 Å². The van der Waals surface area contributed by atoms with E-state index in [-0.39, 0.29) is 0 Å². The Morgan fingerprint density at radius 3 is 0.333 bits per heavy atom. The van der Waals surface area contributed by atoms with Gasteiger partial charge in [-0.2, -0.15) is 0 Å². The van der Waals surface area contributed by atoms with Gasteiger partial charge in [0, 0.05) is 150 Å². The van der Waals surface area contributed by atoms with E-state index >= 15 is 0 Å². The zero-order chi connectivity index (χ0) is 103. The van der Waals surface area contributed by atoms with Crippen molar-refractivity contribution in [1.82, 2.24) is 0 Å². The molecule has 12 aromatic heterocycles. The van der Waals surface area contributed by atoms with Gasteiger partial charge < -0.3 is 0 Å². The number of hydrogen-bond acceptors (Lipinski definition) is 12. The predicted octanol–water partition coefficient (Wildman–Crippen LogP) is 52.7. The first kappa shape index (κ1) is 117. The molecule has 150 heavy (non-hydrogen) atoms. The van der Waals surface area contributed by atoms with Crippen molar-refractivity contribution in [2.75, 3.05) is 0 Å². The smallest absolute Gasteiger partial charge is 0.0449 e. The molecule has 0 fully saturated rings. The summed E-state index contributed by atoms with van der Waals surface area (Å²) >= 11 is 24.4. The number of benzene rings is 4. The lowest BCUT2D eigenvalue weighted by atomic mass is 9.86. The Balaban J connectivity index is 0.829. The van der Waals surface area contributed by atoms with Crippen LogP contribution in [0.1, 0.15) is 456 Å². The second-order valence-electron chi connectivity index (χ2n) is 44.0. The molecule has 0 N–H and O–H groups in total. The van der Waals surface area contributed by atoms with Gasteiger partial charge in [0.25, 0.3) is 0 Å². The van der Waals surface area contributed by atoms with Crippen LogP contribution in [0.2, 0.25) is 0 Å². The summed E-state index contributed by atoms with van der Waals surface area (Å²) in [5.74, 6) is 0. The largest absolute Gasteiger partial charge is 0.139 e. The Morgan fingerprint density at radius 1 is 0.107 bits per heavy atom. The third kappa shape index (κ3) is 35.5. The summed E-state index contributed by atoms with van der Waals surface area (Å²) in [6.07, 6.45) is 89.0. The van der Waals surface area contributed by atoms with E-state index in [0.717, 1.165) is 0 Å². The van der Waals surface area contributed by atoms with Gasteiger partial charge in [0.2, 0.25) is 0 Å². The molecule has 0 unspecified atom stereocenters. The number of hydrogen-bond donors (Lipinski definition) is 0. The molecule has 804 valence electrons. The minimum absolute atomic E-state index is 1.17. The van der Waals surface area contributed by atoms with Crippen LogP contribution in [0.5, 0.6) is 0 Å². The van der Waals surface area contributed by atoms with Gasteiger partial charge in [-0.05, 0) is 291 Å². The molecule has 16 rings (SSSR count). The molecular weight excluding hydrogens is 2040 g/mol. The van der Waals surface area contributed by atoms with Crippen LogP contribution in [0.3, 0.4) is 0 Å². The third-order valence-corrected chi connectivity index (χ3v) is 46.4. The summed E-state index contributed by atoms with van der Waals surface area (Å²) in [5.41, 5.74) is 7.99. The molecule has 0 nitrogen and oxygen atoms in total. The standard InChI is InChI=1S/C138H180S12/c1-7-13-19-25-31-37-43-49-55-61-67-103-73-79-127(139-103)133-91-85-121(145-133)115-97-109-110(98-116(115)122-86-92-134(146-122)128-80-74-104(140-128)68-62-56-50-44-38-32-26-20-14-8-2)112-100-118(124-88-94-136(148-124)130-82-76-106(142-130)70-64-58-52-46-40-34-28-22-16-10-4)120(126-90-96-138(150-126)132-84-78-108(144-132)72-66-60-54-48-42-36-30-24-18-12-6)102-114(112)113-101-119(125-89-95-137(149-125)131-83-77-107(143-131)71-65-59-53-47-41-35-29-23-17-11-5)117(99-111(109)113)123-87-93-135(147-123)129-81-75-105(141-129)69-63-57-51-45-39-33-27-21-15-9-3/h73-102H,7-72H2,1-6H3. The average molecular weight is 2220 g/mol. The SMILES string of the molecule is CCCCCCCCCCCCc1ccc(-c2ccc(-c3cc4c5cc(-c6ccc(-c7ccc(CCCCCCCCCCCC)s7)s6)c(-c6ccc(-c7ccc(CCCCCCCCCCCC)s7)s6)cc5c5cc(-c6ccc(-c7ccc(CCCCCCCCCCCC)s7)s6)c(-c6ccc(-c7ccc(CCCCCCCCCCCC)s7)s6)cc5c4cc3-c3ccc(-c4ccc(CCCCCCCCCCCC)s4)s3)s2)s1. The van der Waals surface area contributed by atoms with E-state index in [1.165, 1.54) is 607 Å². The van der Waals surface area contributed by atoms with Gasteiger partial charge in [-0.3, -0.25) is 0 Å². The van der Waals surface area contributed by atoms with Crippen LogP contribution in [0.15, 0.2) is 182 Å². The molecule has 0 aliphatic carbocycles. The fourth-order valence-electron chi connectivity index (χ4n) is 22.6. The van der Waals surface area contributed by atoms with E-state index in [9.17, 15) is 0 Å². The summed E-state index contributed by atoms with van der Waals surface area (Å²) in [6, 6.07) is 75.8. The maximum atomic E-state index is 2.72. The summed E-state index contributed by atoms with van der Waals surface area (Å²) in [4.78, 5) is 33.9. The Morgan fingerprint density at radius 2 is 0.207 bits per heavy atom. The lowest BCUT2D eigenvalue weighted by molar-refractivity contribution is 0.557. The Bertz CT molecular complexity index is 5470. The molecule has 0 aliphatic heterocycles. The van der Waals surface area contributed by atoms with Gasteiger partial charge in [-0.25, -0.2) is 0 Å². The van der Waals surface area contributed by atoms with E-state index in [1.807, 2.05) is 136 Å². The average Bonchev–Trinajstić information content (AvgIpc) is 1.04. The summed E-state index contributed by atoms with van der Waals surface area (Å²) < 4.78 is 0. The fraction of sp³-hybridized carbons (Fsp3) is 0.522. The van der Waals surface area contributed by atoms with Gasteiger partial charge in [0.1, 0.15) is 0 Å². The molecular formula is C138H180S12. The van der Waals surface area contributed by atoms with Crippen molar-refractivity contribution >= 4 is 168 Å². The van der Waals surface area contributed by atoms with Crippen LogP contribution in [-0.4, -0.2) is 0 Å². The first-order valence-electron chi connectivity index (χ1n) is 60.9. The molecule has 4 aromatic carbocycles. The van der Waals surface area contributed by atoms with Crippen LogP contribution in [0, 0.1) is 0 Å². The number of thiophene rings is 12. The van der Waals surface area contributed by atoms with Crippen molar-refractivity contribution in [1.29, 1.82) is 0 Å². The Kier molecular flexibility index (Phi) is 50.8. The second kappa shape index (κ2) is 65.4. The minimum Gasteiger partial charge on any atom is -0.139 e. The molecule has 0 amide bonds. The highest BCUT2D eigenvalue weighted by Gasteiger charge is 2.27. The van der Waals surface area contributed by atoms with Crippen molar-refractivity contribution in [2.45, 2.75) is 465 Å². The van der Waals surface area contributed by atoms with Gasteiger partial charge in [0.05, 0.1) is 0 Å². The zero-order valence-corrected chi connectivity index (χ0v) is 103. The monoisotopic (exact) mass is 2220 g/mol. The lowest BCUT2D eigenvalue weighted by Gasteiger charge is -2.19. The van der Waals surface area contributed by atoms with E-state index in [0.29, 0.717) is 0 Å². The first-order chi connectivity index (χ1) is 74.2. The normalized spacial score (nSPS) is 12.0. The highest BCUT2D eigenvalue weighted by atomic mass is 32.1. The topological polar surface area (TPSA) is 0 Å². The maximum Gasteiger partial charge on any atom is 0.0449 e. The zero-order valence-electron chi connectivity index (χ0n) is 92.9. The maximum absolute atomic E-state index is 2.72. The Hall–Kier alpha value is -5.94. The molecule has 0 atom stereocenters. The summed E-state index contributed by atoms with van der Waals surface area (Å²) in [6.45, 7) is 14.0. The molecule has 0 bridgehead atoms. The van der Waals surface area contributed by atoms with Crippen molar-refractivity contribution in [3.05, 3.63) is 211 Å². The van der Waals surface area contributed by atoms with Crippen molar-refractivity contribution in [3.63, 3.8) is 0 Å². The van der Waals surface area contributed by atoms with Crippen molar-refractivity contribution in [3.8, 4) is 121 Å². The van der Waals surface area contributed by atoms with E-state index < -0.39 is 0 Å². The third-order valence-electron chi connectivity index (χ3n) is 31.7. The van der Waals surface area contributed by atoms with Crippen molar-refractivity contribution < 1.29 is 0 Å². The highest BCUT2D eigenvalue weighted by molar-refractivity contribution is 7.27. The molecule has 12 heterocycles. The molecule has 0 saturated heterocycles. The highest BCUT2D eigenvalue weighted by Crippen LogP contribution is 2.56. The number of unbranched alkanes of at least 4 members (excludes halogenated alkanes) is 54. The lowest BCUT2D eigenvalue weighted by Crippen LogP contribution is -1.92. The van der Waals surface area contributed by atoms with Crippen LogP contribution >= 0.6 is 136 Å². The van der Waals surface area contributed by atoms with E-state index in [1.54, 1.807) is 0 Å². The molecule has 0 aliphatic rings. The van der Waals surface area contributed by atoms with Crippen LogP contribution in [0.4, 0.5) is 0 Å². The molecule has 0 radical (unpaired) electrons. The van der Waals surface area contributed by atoms with Crippen molar-refractivity contribution in [2.24, 2.45) is 0 Å². The minimum atomic E-state index is 1.17. The number of fused-ring (bicyclic) bond motifs is 6. The van der Waals surface area contributed by atoms with Gasteiger partial charge in [0.15, 0.2) is 0 Å². The van der Waals surface area contributed by atoms with Gasteiger partial charge in [-0.15, -0.1) is 136 Å². The fourth-order valence-corrected chi connectivity index (χ4v) is 35.7. The van der Waals surface area contributed by atoms with Crippen LogP contribution < -0.4 is 0 Å². The van der Waals surface area contributed by atoms with Gasteiger partial charge >= 0.3 is 0 Å². The van der Waals surface area contributed by atoms with E-state index in [4.69, 9.17) is 0 Å². The predicted molar refractivity (Wildman–Crippen MR) is 692 cm³/mol.